The highest BCUT2D eigenvalue weighted by Crippen LogP contribution is 2.26. The second kappa shape index (κ2) is 8.52. The van der Waals surface area contributed by atoms with Crippen LogP contribution >= 0.6 is 0 Å². The molecule has 1 aliphatic heterocycles. The lowest BCUT2D eigenvalue weighted by atomic mass is 10.0. The standard InChI is InChI=1S/C17H32N2O4/c1-12(18-16(22)23-17(3,4)5)6-9-15(21)10-14-8-7-13(2)19(14)11-20/h11-15,21H,6-10H2,1-5H3,(H,18,22). The zero-order chi connectivity index (χ0) is 17.6. The predicted octanol–water partition coefficient (Wildman–Crippen LogP) is 2.44. The van der Waals surface area contributed by atoms with E-state index in [0.717, 1.165) is 19.3 Å². The van der Waals surface area contributed by atoms with Crippen LogP contribution in [0.4, 0.5) is 4.79 Å². The minimum Gasteiger partial charge on any atom is -0.444 e. The van der Waals surface area contributed by atoms with Gasteiger partial charge in [-0.2, -0.15) is 0 Å². The van der Waals surface area contributed by atoms with Gasteiger partial charge >= 0.3 is 6.09 Å². The average Bonchev–Trinajstić information content (AvgIpc) is 2.74. The monoisotopic (exact) mass is 328 g/mol. The molecule has 6 nitrogen and oxygen atoms in total. The topological polar surface area (TPSA) is 78.9 Å². The predicted molar refractivity (Wildman–Crippen MR) is 89.1 cm³/mol. The summed E-state index contributed by atoms with van der Waals surface area (Å²) in [5, 5.41) is 13.0. The molecule has 4 atom stereocenters. The van der Waals surface area contributed by atoms with Gasteiger partial charge in [-0.25, -0.2) is 4.79 Å². The van der Waals surface area contributed by atoms with E-state index in [1.807, 2.05) is 39.5 Å². The van der Waals surface area contributed by atoms with Gasteiger partial charge in [-0.05, 0) is 66.7 Å². The summed E-state index contributed by atoms with van der Waals surface area (Å²) < 4.78 is 5.21. The fraction of sp³-hybridized carbons (Fsp3) is 0.882. The van der Waals surface area contributed by atoms with E-state index in [2.05, 4.69) is 5.32 Å². The Morgan fingerprint density at radius 3 is 2.61 bits per heavy atom. The van der Waals surface area contributed by atoms with Crippen molar-refractivity contribution >= 4 is 12.5 Å². The van der Waals surface area contributed by atoms with Gasteiger partial charge in [-0.15, -0.1) is 0 Å². The molecule has 0 radical (unpaired) electrons. The fourth-order valence-corrected chi connectivity index (χ4v) is 2.98. The number of aliphatic hydroxyl groups is 1. The summed E-state index contributed by atoms with van der Waals surface area (Å²) in [6.07, 6.45) is 3.80. The molecule has 0 saturated carbocycles. The first-order chi connectivity index (χ1) is 10.6. The summed E-state index contributed by atoms with van der Waals surface area (Å²) in [4.78, 5) is 24.6. The Kier molecular flexibility index (Phi) is 7.32. The van der Waals surface area contributed by atoms with Crippen molar-refractivity contribution in [2.45, 2.75) is 96.6 Å². The number of likely N-dealkylation sites (tertiary alicyclic amines) is 1. The molecule has 0 aromatic heterocycles. The molecular weight excluding hydrogens is 296 g/mol. The molecule has 2 N–H and O–H groups in total. The number of carbonyl (C=O) groups is 2. The lowest BCUT2D eigenvalue weighted by Gasteiger charge is -2.26. The first-order valence-electron chi connectivity index (χ1n) is 8.52. The Balaban J connectivity index is 2.28. The van der Waals surface area contributed by atoms with Crippen molar-refractivity contribution in [3.05, 3.63) is 0 Å². The Hall–Kier alpha value is -1.30. The zero-order valence-corrected chi connectivity index (χ0v) is 15.0. The van der Waals surface area contributed by atoms with Crippen LogP contribution in [-0.2, 0) is 9.53 Å². The third-order valence-corrected chi connectivity index (χ3v) is 4.21. The number of aliphatic hydroxyl groups excluding tert-OH is 1. The minimum absolute atomic E-state index is 0.0656. The van der Waals surface area contributed by atoms with Gasteiger partial charge in [0.25, 0.3) is 0 Å². The molecular formula is C17H32N2O4. The average molecular weight is 328 g/mol. The number of ether oxygens (including phenoxy) is 1. The molecule has 134 valence electrons. The van der Waals surface area contributed by atoms with E-state index in [0.29, 0.717) is 19.3 Å². The number of alkyl carbamates (subject to hydrolysis) is 1. The molecule has 1 fully saturated rings. The maximum atomic E-state index is 11.7. The van der Waals surface area contributed by atoms with E-state index in [-0.39, 0.29) is 18.1 Å². The molecule has 0 spiro atoms. The van der Waals surface area contributed by atoms with E-state index in [1.165, 1.54) is 0 Å². The molecule has 0 aromatic rings. The summed E-state index contributed by atoms with van der Waals surface area (Å²) >= 11 is 0. The van der Waals surface area contributed by atoms with Gasteiger partial charge in [0.05, 0.1) is 6.10 Å². The number of carbonyl (C=O) groups excluding carboxylic acids is 2. The number of hydrogen-bond donors (Lipinski definition) is 2. The van der Waals surface area contributed by atoms with Gasteiger partial charge in [0, 0.05) is 18.1 Å². The summed E-state index contributed by atoms with van der Waals surface area (Å²) in [5.74, 6) is 0. The summed E-state index contributed by atoms with van der Waals surface area (Å²) in [5.41, 5.74) is -0.513. The second-order valence-corrected chi connectivity index (χ2v) is 7.65. The Bertz CT molecular complexity index is 395. The van der Waals surface area contributed by atoms with Gasteiger partial charge in [0.15, 0.2) is 0 Å². The quantitative estimate of drug-likeness (QED) is 0.704. The van der Waals surface area contributed by atoms with Crippen LogP contribution in [0.25, 0.3) is 0 Å². The van der Waals surface area contributed by atoms with Crippen molar-refractivity contribution in [1.29, 1.82) is 0 Å². The first-order valence-corrected chi connectivity index (χ1v) is 8.52. The highest BCUT2D eigenvalue weighted by Gasteiger charge is 2.30. The number of nitrogens with one attached hydrogen (secondary N) is 1. The van der Waals surface area contributed by atoms with E-state index in [4.69, 9.17) is 4.74 Å². The molecule has 23 heavy (non-hydrogen) atoms. The maximum Gasteiger partial charge on any atom is 0.407 e. The first kappa shape index (κ1) is 19.7. The second-order valence-electron chi connectivity index (χ2n) is 7.65. The van der Waals surface area contributed by atoms with Crippen LogP contribution in [0, 0.1) is 0 Å². The fourth-order valence-electron chi connectivity index (χ4n) is 2.98. The summed E-state index contributed by atoms with van der Waals surface area (Å²) in [7, 11) is 0. The van der Waals surface area contributed by atoms with Crippen molar-refractivity contribution < 1.29 is 19.4 Å². The molecule has 1 saturated heterocycles. The van der Waals surface area contributed by atoms with Crippen LogP contribution in [-0.4, -0.2) is 52.3 Å². The zero-order valence-electron chi connectivity index (χ0n) is 15.0. The third kappa shape index (κ3) is 7.20. The lowest BCUT2D eigenvalue weighted by molar-refractivity contribution is -0.120. The van der Waals surface area contributed by atoms with Crippen LogP contribution in [0.2, 0.25) is 0 Å². The SMILES string of the molecule is CC(CCC(O)CC1CCC(C)N1C=O)NC(=O)OC(C)(C)C. The molecule has 1 rings (SSSR count). The van der Waals surface area contributed by atoms with Crippen LogP contribution in [0.15, 0.2) is 0 Å². The van der Waals surface area contributed by atoms with Crippen LogP contribution < -0.4 is 5.32 Å². The molecule has 1 aliphatic rings. The summed E-state index contributed by atoms with van der Waals surface area (Å²) in [6, 6.07) is 0.327. The third-order valence-electron chi connectivity index (χ3n) is 4.21. The summed E-state index contributed by atoms with van der Waals surface area (Å²) in [6.45, 7) is 9.40. The van der Waals surface area contributed by atoms with Crippen LogP contribution in [0.1, 0.15) is 66.7 Å². The lowest BCUT2D eigenvalue weighted by Crippen LogP contribution is -2.38. The van der Waals surface area contributed by atoms with Crippen molar-refractivity contribution in [3.8, 4) is 0 Å². The smallest absolute Gasteiger partial charge is 0.407 e. The number of hydrogen-bond acceptors (Lipinski definition) is 4. The molecule has 4 unspecified atom stereocenters. The normalized spacial score (nSPS) is 24.2. The van der Waals surface area contributed by atoms with E-state index < -0.39 is 17.8 Å². The van der Waals surface area contributed by atoms with Gasteiger partial charge in [-0.1, -0.05) is 0 Å². The maximum absolute atomic E-state index is 11.7. The van der Waals surface area contributed by atoms with Crippen molar-refractivity contribution in [1.82, 2.24) is 10.2 Å². The number of nitrogens with zero attached hydrogens (tertiary/aromatic N) is 1. The van der Waals surface area contributed by atoms with Crippen molar-refractivity contribution in [2.75, 3.05) is 0 Å². The van der Waals surface area contributed by atoms with Crippen LogP contribution in [0.3, 0.4) is 0 Å². The molecule has 6 heteroatoms. The Labute approximate surface area is 139 Å². The molecule has 0 aromatic carbocycles. The Morgan fingerprint density at radius 1 is 1.39 bits per heavy atom. The highest BCUT2D eigenvalue weighted by molar-refractivity contribution is 5.67. The largest absolute Gasteiger partial charge is 0.444 e. The number of rotatable bonds is 7. The van der Waals surface area contributed by atoms with Gasteiger partial charge in [0.1, 0.15) is 5.60 Å². The molecule has 1 heterocycles. The van der Waals surface area contributed by atoms with E-state index in [1.54, 1.807) is 0 Å². The van der Waals surface area contributed by atoms with E-state index in [9.17, 15) is 14.7 Å². The van der Waals surface area contributed by atoms with Crippen molar-refractivity contribution in [2.24, 2.45) is 0 Å². The number of amides is 2. The van der Waals surface area contributed by atoms with Gasteiger partial charge < -0.3 is 20.1 Å². The van der Waals surface area contributed by atoms with E-state index >= 15 is 0 Å². The van der Waals surface area contributed by atoms with Gasteiger partial charge in [0.2, 0.25) is 6.41 Å². The van der Waals surface area contributed by atoms with Crippen molar-refractivity contribution in [3.63, 3.8) is 0 Å². The Morgan fingerprint density at radius 2 is 2.04 bits per heavy atom. The minimum atomic E-state index is -0.513. The molecule has 0 aliphatic carbocycles. The van der Waals surface area contributed by atoms with Gasteiger partial charge in [-0.3, -0.25) is 4.79 Å². The molecule has 0 bridgehead atoms. The molecule has 2 amide bonds. The van der Waals surface area contributed by atoms with Crippen LogP contribution in [0.5, 0.6) is 0 Å². The highest BCUT2D eigenvalue weighted by atomic mass is 16.6.